The molecule has 6 heteroatoms. The molecular weight excluding hydrogens is 408 g/mol. The zero-order valence-electron chi connectivity index (χ0n) is 18.3. The van der Waals surface area contributed by atoms with E-state index in [0.29, 0.717) is 18.2 Å². The number of hydrogen-bond acceptors (Lipinski definition) is 4. The highest BCUT2D eigenvalue weighted by atomic mass is 32.1. The summed E-state index contributed by atoms with van der Waals surface area (Å²) < 4.78 is 16.3. The van der Waals surface area contributed by atoms with Gasteiger partial charge in [-0.15, -0.1) is 0 Å². The van der Waals surface area contributed by atoms with Gasteiger partial charge in [0.2, 0.25) is 0 Å². The molecule has 5 nitrogen and oxygen atoms in total. The van der Waals surface area contributed by atoms with E-state index in [1.807, 2.05) is 67.6 Å². The molecule has 0 unspecified atom stereocenters. The van der Waals surface area contributed by atoms with Crippen LogP contribution in [0.5, 0.6) is 17.2 Å². The Labute approximate surface area is 189 Å². The molecule has 0 saturated heterocycles. The smallest absolute Gasteiger partial charge is 0.174 e. The third kappa shape index (κ3) is 5.89. The normalized spacial score (nSPS) is 10.3. The molecule has 0 atom stereocenters. The van der Waals surface area contributed by atoms with Crippen LogP contribution >= 0.6 is 12.2 Å². The molecule has 0 fully saturated rings. The van der Waals surface area contributed by atoms with E-state index in [0.717, 1.165) is 39.6 Å². The van der Waals surface area contributed by atoms with E-state index < -0.39 is 0 Å². The van der Waals surface area contributed by atoms with Gasteiger partial charge in [0.15, 0.2) is 5.11 Å². The van der Waals surface area contributed by atoms with Crippen LogP contribution < -0.4 is 19.5 Å². The van der Waals surface area contributed by atoms with Gasteiger partial charge in [0.05, 0.1) is 27.0 Å². The van der Waals surface area contributed by atoms with Crippen molar-refractivity contribution in [3.8, 4) is 17.2 Å². The predicted molar refractivity (Wildman–Crippen MR) is 129 cm³/mol. The van der Waals surface area contributed by atoms with Crippen molar-refractivity contribution >= 4 is 23.0 Å². The summed E-state index contributed by atoms with van der Waals surface area (Å²) in [5.41, 5.74) is 4.14. The summed E-state index contributed by atoms with van der Waals surface area (Å²) in [6, 6.07) is 22.0. The number of para-hydroxylation sites is 1. The maximum absolute atomic E-state index is 5.83. The monoisotopic (exact) mass is 436 g/mol. The average molecular weight is 437 g/mol. The molecule has 0 bridgehead atoms. The number of nitrogens with zero attached hydrogens (tertiary/aromatic N) is 1. The van der Waals surface area contributed by atoms with Crippen molar-refractivity contribution in [1.29, 1.82) is 0 Å². The first-order chi connectivity index (χ1) is 15.0. The first kappa shape index (κ1) is 22.4. The van der Waals surface area contributed by atoms with E-state index in [-0.39, 0.29) is 0 Å². The first-order valence-electron chi connectivity index (χ1n) is 9.99. The number of ether oxygens (including phenoxy) is 3. The molecule has 31 heavy (non-hydrogen) atoms. The number of aryl methyl sites for hydroxylation is 1. The van der Waals surface area contributed by atoms with Crippen LogP contribution in [0.25, 0.3) is 0 Å². The highest BCUT2D eigenvalue weighted by Crippen LogP contribution is 2.27. The number of hydrogen-bond donors (Lipinski definition) is 1. The third-order valence-corrected chi connectivity index (χ3v) is 5.33. The molecule has 3 rings (SSSR count). The SMILES string of the molecule is COc1ccc(CN(Cc2ccccc2OC)C(=S)Nc2cc(C)ccc2OC)cc1. The topological polar surface area (TPSA) is 43.0 Å². The maximum Gasteiger partial charge on any atom is 0.174 e. The lowest BCUT2D eigenvalue weighted by Gasteiger charge is -2.27. The van der Waals surface area contributed by atoms with E-state index in [1.54, 1.807) is 21.3 Å². The Hall–Kier alpha value is -3.25. The third-order valence-electron chi connectivity index (χ3n) is 4.97. The van der Waals surface area contributed by atoms with Crippen molar-refractivity contribution in [3.05, 3.63) is 83.4 Å². The van der Waals surface area contributed by atoms with Gasteiger partial charge in [0.25, 0.3) is 0 Å². The van der Waals surface area contributed by atoms with Gasteiger partial charge in [-0.25, -0.2) is 0 Å². The summed E-state index contributed by atoms with van der Waals surface area (Å²) in [4.78, 5) is 2.11. The van der Waals surface area contributed by atoms with Crippen molar-refractivity contribution in [3.63, 3.8) is 0 Å². The Kier molecular flexibility index (Phi) is 7.73. The van der Waals surface area contributed by atoms with E-state index in [1.165, 1.54) is 0 Å². The molecule has 0 amide bonds. The van der Waals surface area contributed by atoms with Crippen molar-refractivity contribution in [1.82, 2.24) is 4.90 Å². The average Bonchev–Trinajstić information content (AvgIpc) is 2.79. The highest BCUT2D eigenvalue weighted by molar-refractivity contribution is 7.80. The Morgan fingerprint density at radius 2 is 1.55 bits per heavy atom. The Morgan fingerprint density at radius 3 is 2.23 bits per heavy atom. The summed E-state index contributed by atoms with van der Waals surface area (Å²) in [5, 5.41) is 3.97. The van der Waals surface area contributed by atoms with Gasteiger partial charge in [-0.05, 0) is 60.6 Å². The largest absolute Gasteiger partial charge is 0.497 e. The Bertz CT molecular complexity index is 1020. The van der Waals surface area contributed by atoms with E-state index in [2.05, 4.69) is 16.3 Å². The number of anilines is 1. The second kappa shape index (κ2) is 10.7. The van der Waals surface area contributed by atoms with E-state index in [9.17, 15) is 0 Å². The summed E-state index contributed by atoms with van der Waals surface area (Å²) in [5.74, 6) is 2.40. The predicted octanol–water partition coefficient (Wildman–Crippen LogP) is 5.42. The Morgan fingerprint density at radius 1 is 0.839 bits per heavy atom. The van der Waals surface area contributed by atoms with Gasteiger partial charge < -0.3 is 24.4 Å². The number of thiocarbonyl (C=S) groups is 1. The van der Waals surface area contributed by atoms with Gasteiger partial charge in [-0.1, -0.05) is 36.4 Å². The van der Waals surface area contributed by atoms with Gasteiger partial charge in [-0.3, -0.25) is 0 Å². The fourth-order valence-electron chi connectivity index (χ4n) is 3.30. The maximum atomic E-state index is 5.83. The van der Waals surface area contributed by atoms with Crippen LogP contribution in [0.15, 0.2) is 66.7 Å². The zero-order valence-corrected chi connectivity index (χ0v) is 19.2. The minimum atomic E-state index is 0.593. The Balaban J connectivity index is 1.88. The molecule has 3 aromatic rings. The van der Waals surface area contributed by atoms with Crippen molar-refractivity contribution in [2.45, 2.75) is 20.0 Å². The molecule has 3 aromatic carbocycles. The standard InChI is InChI=1S/C25H28N2O3S/c1-18-9-14-24(30-4)22(15-18)26-25(31)27(16-19-10-12-21(28-2)13-11-19)17-20-7-5-6-8-23(20)29-3/h5-15H,16-17H2,1-4H3,(H,26,31). The quantitative estimate of drug-likeness (QED) is 0.476. The fraction of sp³-hybridized carbons (Fsp3) is 0.240. The summed E-state index contributed by atoms with van der Waals surface area (Å²) in [6.07, 6.45) is 0. The lowest BCUT2D eigenvalue weighted by atomic mass is 10.1. The van der Waals surface area contributed by atoms with Crippen LogP contribution in [0.4, 0.5) is 5.69 Å². The van der Waals surface area contributed by atoms with E-state index in [4.69, 9.17) is 26.4 Å². The minimum absolute atomic E-state index is 0.593. The molecule has 0 spiro atoms. The lowest BCUT2D eigenvalue weighted by molar-refractivity contribution is 0.377. The van der Waals surface area contributed by atoms with Crippen LogP contribution in [0.1, 0.15) is 16.7 Å². The lowest BCUT2D eigenvalue weighted by Crippen LogP contribution is -2.34. The molecule has 0 saturated carbocycles. The van der Waals surface area contributed by atoms with Gasteiger partial charge >= 0.3 is 0 Å². The van der Waals surface area contributed by atoms with Crippen LogP contribution in [-0.2, 0) is 13.1 Å². The van der Waals surface area contributed by atoms with Gasteiger partial charge in [-0.2, -0.15) is 0 Å². The minimum Gasteiger partial charge on any atom is -0.497 e. The molecule has 1 N–H and O–H groups in total. The summed E-state index contributed by atoms with van der Waals surface area (Å²) >= 11 is 5.83. The summed E-state index contributed by atoms with van der Waals surface area (Å²) in [7, 11) is 5.00. The molecule has 0 aromatic heterocycles. The van der Waals surface area contributed by atoms with Crippen LogP contribution in [-0.4, -0.2) is 31.3 Å². The molecule has 162 valence electrons. The molecule has 0 radical (unpaired) electrons. The first-order valence-corrected chi connectivity index (χ1v) is 10.4. The number of rotatable bonds is 8. The van der Waals surface area contributed by atoms with Crippen molar-refractivity contribution < 1.29 is 14.2 Å². The second-order valence-corrected chi connectivity index (χ2v) is 7.54. The molecule has 0 aliphatic rings. The van der Waals surface area contributed by atoms with Crippen LogP contribution in [0.2, 0.25) is 0 Å². The molecule has 0 aliphatic heterocycles. The fourth-order valence-corrected chi connectivity index (χ4v) is 3.54. The number of nitrogens with one attached hydrogen (secondary N) is 1. The number of methoxy groups -OCH3 is 3. The van der Waals surface area contributed by atoms with Gasteiger partial charge in [0, 0.05) is 18.7 Å². The molecule has 0 aliphatic carbocycles. The van der Waals surface area contributed by atoms with Crippen molar-refractivity contribution in [2.24, 2.45) is 0 Å². The zero-order chi connectivity index (χ0) is 22.2. The highest BCUT2D eigenvalue weighted by Gasteiger charge is 2.16. The molecule has 0 heterocycles. The van der Waals surface area contributed by atoms with Gasteiger partial charge in [0.1, 0.15) is 17.2 Å². The van der Waals surface area contributed by atoms with Crippen molar-refractivity contribution in [2.75, 3.05) is 26.6 Å². The second-order valence-electron chi connectivity index (χ2n) is 7.15. The van der Waals surface area contributed by atoms with E-state index >= 15 is 0 Å². The molecular formula is C25H28N2O3S. The van der Waals surface area contributed by atoms with Crippen LogP contribution in [0, 0.1) is 6.92 Å². The van der Waals surface area contributed by atoms with Crippen LogP contribution in [0.3, 0.4) is 0 Å². The summed E-state index contributed by atoms with van der Waals surface area (Å²) in [6.45, 7) is 3.26. The number of benzene rings is 3.